The van der Waals surface area contributed by atoms with Gasteiger partial charge < -0.3 is 9.47 Å². The molecule has 1 fully saturated rings. The fourth-order valence-electron chi connectivity index (χ4n) is 2.36. The van der Waals surface area contributed by atoms with Crippen molar-refractivity contribution in [2.24, 2.45) is 0 Å². The van der Waals surface area contributed by atoms with Gasteiger partial charge in [0, 0.05) is 13.0 Å². The molecular weight excluding hydrogens is 301 g/mol. The molecule has 5 nitrogen and oxygen atoms in total. The van der Waals surface area contributed by atoms with E-state index in [1.54, 1.807) is 39.0 Å². The average Bonchev–Trinajstić information content (AvgIpc) is 2.48. The molecule has 1 aliphatic heterocycles. The molecule has 0 radical (unpaired) electrons. The van der Waals surface area contributed by atoms with Crippen LogP contribution in [0, 0.1) is 5.82 Å². The number of nitrogens with zero attached hydrogens (tertiary/aromatic N) is 1. The Hall–Kier alpha value is -1.95. The number of morpholine rings is 1. The third-order valence-corrected chi connectivity index (χ3v) is 3.45. The molecule has 0 bridgehead atoms. The van der Waals surface area contributed by atoms with Gasteiger partial charge in [-0.25, -0.2) is 9.18 Å². The third-order valence-electron chi connectivity index (χ3n) is 3.45. The van der Waals surface area contributed by atoms with Crippen LogP contribution in [0.3, 0.4) is 0 Å². The predicted molar refractivity (Wildman–Crippen MR) is 82.7 cm³/mol. The summed E-state index contributed by atoms with van der Waals surface area (Å²) >= 11 is 0. The van der Waals surface area contributed by atoms with Crippen molar-refractivity contribution in [3.8, 4) is 0 Å². The van der Waals surface area contributed by atoms with Crippen LogP contribution in [0.4, 0.5) is 9.18 Å². The predicted octanol–water partition coefficient (Wildman–Crippen LogP) is 2.57. The highest BCUT2D eigenvalue weighted by atomic mass is 19.1. The molecule has 0 N–H and O–H groups in total. The van der Waals surface area contributed by atoms with E-state index < -0.39 is 23.6 Å². The second-order valence-electron chi connectivity index (χ2n) is 6.50. The molecule has 23 heavy (non-hydrogen) atoms. The lowest BCUT2D eigenvalue weighted by atomic mass is 10.0. The van der Waals surface area contributed by atoms with Crippen LogP contribution < -0.4 is 0 Å². The van der Waals surface area contributed by atoms with Gasteiger partial charge in [0.25, 0.3) is 0 Å². The summed E-state index contributed by atoms with van der Waals surface area (Å²) in [7, 11) is 0. The van der Waals surface area contributed by atoms with Crippen molar-refractivity contribution >= 4 is 11.9 Å². The lowest BCUT2D eigenvalue weighted by Gasteiger charge is -2.35. The molecule has 1 aliphatic rings. The molecule has 2 rings (SSSR count). The number of hydrogen-bond donors (Lipinski definition) is 0. The minimum atomic E-state index is -0.752. The lowest BCUT2D eigenvalue weighted by Crippen LogP contribution is -2.54. The van der Waals surface area contributed by atoms with Gasteiger partial charge >= 0.3 is 6.09 Å². The van der Waals surface area contributed by atoms with E-state index in [1.165, 1.54) is 11.0 Å². The number of Topliss-reactive ketones (excluding diaryl/α,β-unsaturated/α-hetero) is 1. The first-order chi connectivity index (χ1) is 10.8. The van der Waals surface area contributed by atoms with Crippen molar-refractivity contribution in [2.75, 3.05) is 19.8 Å². The van der Waals surface area contributed by atoms with E-state index in [4.69, 9.17) is 9.47 Å². The van der Waals surface area contributed by atoms with E-state index in [0.29, 0.717) is 12.2 Å². The molecule has 1 amide bonds. The minimum absolute atomic E-state index is 0.0833. The van der Waals surface area contributed by atoms with Gasteiger partial charge in [0.2, 0.25) is 0 Å². The Morgan fingerprint density at radius 1 is 1.35 bits per heavy atom. The number of ketones is 1. The zero-order chi connectivity index (χ0) is 17.0. The Kier molecular flexibility index (Phi) is 5.36. The molecule has 1 saturated heterocycles. The summed E-state index contributed by atoms with van der Waals surface area (Å²) in [5, 5.41) is 0. The first kappa shape index (κ1) is 17.4. The Morgan fingerprint density at radius 2 is 2.04 bits per heavy atom. The maximum Gasteiger partial charge on any atom is 0.411 e. The second-order valence-corrected chi connectivity index (χ2v) is 6.50. The number of ether oxygens (including phenoxy) is 2. The molecule has 6 heteroatoms. The number of carbonyl (C=O) groups excluding carboxylic acids is 2. The topological polar surface area (TPSA) is 55.8 Å². The Morgan fingerprint density at radius 3 is 2.70 bits per heavy atom. The number of benzene rings is 1. The first-order valence-corrected chi connectivity index (χ1v) is 7.61. The fourth-order valence-corrected chi connectivity index (χ4v) is 2.36. The Labute approximate surface area is 135 Å². The fraction of sp³-hybridized carbons (Fsp3) is 0.529. The van der Waals surface area contributed by atoms with Crippen molar-refractivity contribution in [1.29, 1.82) is 0 Å². The van der Waals surface area contributed by atoms with Gasteiger partial charge in [-0.2, -0.15) is 0 Å². The molecule has 1 aromatic rings. The van der Waals surface area contributed by atoms with Crippen molar-refractivity contribution in [2.45, 2.75) is 38.8 Å². The quantitative estimate of drug-likeness (QED) is 0.858. The van der Waals surface area contributed by atoms with Gasteiger partial charge in [-0.1, -0.05) is 18.2 Å². The summed E-state index contributed by atoms with van der Waals surface area (Å²) in [5.74, 6) is -0.693. The van der Waals surface area contributed by atoms with Crippen LogP contribution in [0.2, 0.25) is 0 Å². The number of rotatable bonds is 3. The van der Waals surface area contributed by atoms with Crippen LogP contribution in [0.15, 0.2) is 24.3 Å². The Balaban J connectivity index is 2.10. The van der Waals surface area contributed by atoms with Crippen LogP contribution in [-0.4, -0.2) is 48.2 Å². The van der Waals surface area contributed by atoms with E-state index in [2.05, 4.69) is 0 Å². The van der Waals surface area contributed by atoms with Crippen LogP contribution in [0.5, 0.6) is 0 Å². The number of hydrogen-bond acceptors (Lipinski definition) is 4. The van der Waals surface area contributed by atoms with Gasteiger partial charge in [0.1, 0.15) is 17.5 Å². The van der Waals surface area contributed by atoms with Crippen LogP contribution in [-0.2, 0) is 20.7 Å². The number of carbonyl (C=O) groups is 2. The molecule has 0 spiro atoms. The van der Waals surface area contributed by atoms with Crippen molar-refractivity contribution in [3.63, 3.8) is 0 Å². The van der Waals surface area contributed by atoms with Gasteiger partial charge in [0.05, 0.1) is 13.2 Å². The minimum Gasteiger partial charge on any atom is -0.444 e. The molecule has 126 valence electrons. The summed E-state index contributed by atoms with van der Waals surface area (Å²) in [6, 6.07) is 5.37. The molecule has 1 atom stereocenters. The number of halogens is 1. The third kappa shape index (κ3) is 4.76. The van der Waals surface area contributed by atoms with E-state index in [1.807, 2.05) is 0 Å². The summed E-state index contributed by atoms with van der Waals surface area (Å²) in [5.41, 5.74) is -0.332. The van der Waals surface area contributed by atoms with Crippen LogP contribution in [0.1, 0.15) is 26.3 Å². The number of amides is 1. The summed E-state index contributed by atoms with van der Waals surface area (Å²) in [6.07, 6.45) is -0.632. The highest BCUT2D eigenvalue weighted by Crippen LogP contribution is 2.17. The van der Waals surface area contributed by atoms with Gasteiger partial charge in [-0.3, -0.25) is 9.69 Å². The van der Waals surface area contributed by atoms with E-state index in [0.717, 1.165) is 0 Å². The second kappa shape index (κ2) is 7.08. The standard InChI is InChI=1S/C17H22FNO4/c1-17(2,3)23-16(21)19-8-9-22-11-14(19)15(20)10-12-6-4-5-7-13(12)18/h4-7,14H,8-11H2,1-3H3. The maximum atomic E-state index is 13.7. The highest BCUT2D eigenvalue weighted by molar-refractivity contribution is 5.89. The molecule has 1 heterocycles. The van der Waals surface area contributed by atoms with Crippen LogP contribution in [0.25, 0.3) is 0 Å². The lowest BCUT2D eigenvalue weighted by molar-refractivity contribution is -0.129. The van der Waals surface area contributed by atoms with Crippen molar-refractivity contribution in [3.05, 3.63) is 35.6 Å². The monoisotopic (exact) mass is 323 g/mol. The Bertz CT molecular complexity index is 582. The van der Waals surface area contributed by atoms with Crippen molar-refractivity contribution < 1.29 is 23.5 Å². The maximum absolute atomic E-state index is 13.7. The highest BCUT2D eigenvalue weighted by Gasteiger charge is 2.35. The molecular formula is C17H22FNO4. The van der Waals surface area contributed by atoms with E-state index >= 15 is 0 Å². The summed E-state index contributed by atoms with van der Waals surface area (Å²) < 4.78 is 24.4. The van der Waals surface area contributed by atoms with Gasteiger partial charge in [-0.15, -0.1) is 0 Å². The van der Waals surface area contributed by atoms with E-state index in [9.17, 15) is 14.0 Å². The smallest absolute Gasteiger partial charge is 0.411 e. The van der Waals surface area contributed by atoms with Crippen molar-refractivity contribution in [1.82, 2.24) is 4.90 Å². The molecule has 1 unspecified atom stereocenters. The zero-order valence-corrected chi connectivity index (χ0v) is 13.7. The van der Waals surface area contributed by atoms with Crippen LogP contribution >= 0.6 is 0 Å². The van der Waals surface area contributed by atoms with E-state index in [-0.39, 0.29) is 25.4 Å². The molecule has 0 saturated carbocycles. The largest absolute Gasteiger partial charge is 0.444 e. The first-order valence-electron chi connectivity index (χ1n) is 7.61. The normalized spacial score (nSPS) is 18.6. The van der Waals surface area contributed by atoms with Gasteiger partial charge in [-0.05, 0) is 32.4 Å². The molecule has 1 aromatic carbocycles. The average molecular weight is 323 g/mol. The van der Waals surface area contributed by atoms with Gasteiger partial charge in [0.15, 0.2) is 5.78 Å². The SMILES string of the molecule is CC(C)(C)OC(=O)N1CCOCC1C(=O)Cc1ccccc1F. The molecule has 0 aromatic heterocycles. The zero-order valence-electron chi connectivity index (χ0n) is 13.7. The summed E-state index contributed by atoms with van der Waals surface area (Å²) in [4.78, 5) is 26.1. The molecule has 0 aliphatic carbocycles. The summed E-state index contributed by atoms with van der Waals surface area (Å²) in [6.45, 7) is 6.03.